The zero-order valence-electron chi connectivity index (χ0n) is 13.5. The van der Waals surface area contributed by atoms with Crippen LogP contribution in [-0.4, -0.2) is 28.9 Å². The molecule has 0 amide bonds. The van der Waals surface area contributed by atoms with Crippen LogP contribution in [0.4, 0.5) is 0 Å². The molecule has 0 aliphatic rings. The molecule has 2 aromatic carbocycles. The van der Waals surface area contributed by atoms with Crippen LogP contribution in [-0.2, 0) is 4.74 Å². The Balaban J connectivity index is 2.24. The minimum atomic E-state index is -0.389. The molecule has 122 valence electrons. The zero-order valence-corrected chi connectivity index (χ0v) is 14.4. The topological polar surface area (TPSA) is 44.1 Å². The van der Waals surface area contributed by atoms with E-state index in [0.717, 1.165) is 16.3 Å². The van der Waals surface area contributed by atoms with Crippen LogP contribution in [0.3, 0.4) is 0 Å². The van der Waals surface area contributed by atoms with E-state index in [-0.39, 0.29) is 12.0 Å². The van der Waals surface area contributed by atoms with Gasteiger partial charge < -0.3 is 9.30 Å². The lowest BCUT2D eigenvalue weighted by Crippen LogP contribution is -2.19. The van der Waals surface area contributed by atoms with Crippen LogP contribution in [0.5, 0.6) is 0 Å². The van der Waals surface area contributed by atoms with Crippen molar-refractivity contribution < 1.29 is 9.53 Å². The first-order chi connectivity index (χ1) is 11.8. The zero-order chi connectivity index (χ0) is 16.9. The largest absolute Gasteiger partial charge is 0.464 e. The number of hydrogen-bond acceptors (Lipinski definition) is 4. The van der Waals surface area contributed by atoms with Gasteiger partial charge in [0.15, 0.2) is 5.16 Å². The standard InChI is InChI=1S/C19H18N2O2S/c1-23-18(22)16-13-20-19(24-2)21(16)17(14-9-5-3-6-10-14)15-11-7-4-8-12-15/h3-13,17H,1-2H3. The van der Waals surface area contributed by atoms with Gasteiger partial charge in [0, 0.05) is 0 Å². The Bertz CT molecular complexity index is 776. The second kappa shape index (κ2) is 7.36. The number of methoxy groups -OCH3 is 1. The smallest absolute Gasteiger partial charge is 0.356 e. The van der Waals surface area contributed by atoms with Gasteiger partial charge in [0.1, 0.15) is 5.69 Å². The van der Waals surface area contributed by atoms with Crippen LogP contribution in [0, 0.1) is 0 Å². The summed E-state index contributed by atoms with van der Waals surface area (Å²) >= 11 is 1.51. The SMILES string of the molecule is COC(=O)c1cnc(SC)n1C(c1ccccc1)c1ccccc1. The van der Waals surface area contributed by atoms with E-state index in [1.165, 1.54) is 18.9 Å². The lowest BCUT2D eigenvalue weighted by atomic mass is 9.98. The molecule has 0 fully saturated rings. The molecule has 4 nitrogen and oxygen atoms in total. The number of esters is 1. The highest BCUT2D eigenvalue weighted by atomic mass is 32.2. The average molecular weight is 338 g/mol. The molecule has 3 aromatic rings. The highest BCUT2D eigenvalue weighted by molar-refractivity contribution is 7.98. The van der Waals surface area contributed by atoms with E-state index < -0.39 is 0 Å². The van der Waals surface area contributed by atoms with Gasteiger partial charge in [-0.2, -0.15) is 0 Å². The van der Waals surface area contributed by atoms with Crippen molar-refractivity contribution in [2.45, 2.75) is 11.2 Å². The molecule has 0 spiro atoms. The Morgan fingerprint density at radius 2 is 1.58 bits per heavy atom. The predicted octanol–water partition coefficient (Wildman–Crippen LogP) is 4.03. The number of aromatic nitrogens is 2. The maximum atomic E-state index is 12.2. The Morgan fingerprint density at radius 3 is 2.04 bits per heavy atom. The molecule has 0 N–H and O–H groups in total. The molecule has 0 radical (unpaired) electrons. The lowest BCUT2D eigenvalue weighted by molar-refractivity contribution is 0.0586. The van der Waals surface area contributed by atoms with Crippen molar-refractivity contribution in [1.29, 1.82) is 0 Å². The molecule has 0 unspecified atom stereocenters. The fraction of sp³-hybridized carbons (Fsp3) is 0.158. The lowest BCUT2D eigenvalue weighted by Gasteiger charge is -2.23. The van der Waals surface area contributed by atoms with Gasteiger partial charge >= 0.3 is 5.97 Å². The summed E-state index contributed by atoms with van der Waals surface area (Å²) in [5.74, 6) is -0.389. The van der Waals surface area contributed by atoms with Crippen molar-refractivity contribution in [3.05, 3.63) is 83.7 Å². The summed E-state index contributed by atoms with van der Waals surface area (Å²) in [5.41, 5.74) is 2.61. The van der Waals surface area contributed by atoms with Crippen molar-refractivity contribution in [3.8, 4) is 0 Å². The molecule has 0 bridgehead atoms. The third-order valence-electron chi connectivity index (χ3n) is 3.83. The van der Waals surface area contributed by atoms with Gasteiger partial charge in [-0.15, -0.1) is 0 Å². The van der Waals surface area contributed by atoms with E-state index in [4.69, 9.17) is 4.74 Å². The fourth-order valence-corrected chi connectivity index (χ4v) is 3.32. The van der Waals surface area contributed by atoms with Gasteiger partial charge in [0.25, 0.3) is 0 Å². The number of carbonyl (C=O) groups is 1. The molecular weight excluding hydrogens is 320 g/mol. The summed E-state index contributed by atoms with van der Waals surface area (Å²) in [4.78, 5) is 16.6. The molecule has 24 heavy (non-hydrogen) atoms. The third kappa shape index (κ3) is 3.08. The van der Waals surface area contributed by atoms with Gasteiger partial charge in [-0.3, -0.25) is 0 Å². The minimum absolute atomic E-state index is 0.147. The Hall–Kier alpha value is -2.53. The number of benzene rings is 2. The maximum Gasteiger partial charge on any atom is 0.356 e. The van der Waals surface area contributed by atoms with Crippen LogP contribution < -0.4 is 0 Å². The molecule has 1 heterocycles. The number of imidazole rings is 1. The molecule has 5 heteroatoms. The van der Waals surface area contributed by atoms with Crippen LogP contribution in [0.2, 0.25) is 0 Å². The van der Waals surface area contributed by atoms with Crippen LogP contribution in [0.15, 0.2) is 72.0 Å². The Morgan fingerprint density at radius 1 is 1.04 bits per heavy atom. The van der Waals surface area contributed by atoms with Gasteiger partial charge in [0.2, 0.25) is 0 Å². The van der Waals surface area contributed by atoms with E-state index in [9.17, 15) is 4.79 Å². The molecule has 1 aromatic heterocycles. The van der Waals surface area contributed by atoms with Gasteiger partial charge in [-0.25, -0.2) is 9.78 Å². The number of carbonyl (C=O) groups excluding carboxylic acids is 1. The van der Waals surface area contributed by atoms with Gasteiger partial charge in [-0.05, 0) is 17.4 Å². The second-order valence-electron chi connectivity index (χ2n) is 5.22. The normalized spacial score (nSPS) is 10.8. The summed E-state index contributed by atoms with van der Waals surface area (Å²) in [6.07, 6.45) is 3.53. The highest BCUT2D eigenvalue weighted by Crippen LogP contribution is 2.32. The average Bonchev–Trinajstić information content (AvgIpc) is 3.07. The summed E-state index contributed by atoms with van der Waals surface area (Å²) < 4.78 is 6.89. The van der Waals surface area contributed by atoms with Gasteiger partial charge in [0.05, 0.1) is 19.3 Å². The molecule has 3 rings (SSSR count). The molecular formula is C19H18N2O2S. The number of thioether (sulfide) groups is 1. The number of rotatable bonds is 5. The van der Waals surface area contributed by atoms with E-state index in [2.05, 4.69) is 29.2 Å². The quantitative estimate of drug-likeness (QED) is 0.520. The number of ether oxygens (including phenoxy) is 1. The fourth-order valence-electron chi connectivity index (χ4n) is 2.76. The summed E-state index contributed by atoms with van der Waals surface area (Å²) in [6.45, 7) is 0. The molecule has 0 aliphatic heterocycles. The first kappa shape index (κ1) is 16.3. The van der Waals surface area contributed by atoms with Crippen molar-refractivity contribution in [2.75, 3.05) is 13.4 Å². The van der Waals surface area contributed by atoms with Crippen LogP contribution in [0.1, 0.15) is 27.7 Å². The maximum absolute atomic E-state index is 12.2. The molecule has 0 aliphatic carbocycles. The van der Waals surface area contributed by atoms with Crippen molar-refractivity contribution >= 4 is 17.7 Å². The molecule has 0 saturated heterocycles. The molecule has 0 saturated carbocycles. The summed E-state index contributed by atoms with van der Waals surface area (Å²) in [5, 5.41) is 0.771. The summed E-state index contributed by atoms with van der Waals surface area (Å²) in [6, 6.07) is 20.0. The van der Waals surface area contributed by atoms with E-state index >= 15 is 0 Å². The number of hydrogen-bond donors (Lipinski definition) is 0. The van der Waals surface area contributed by atoms with Crippen molar-refractivity contribution in [3.63, 3.8) is 0 Å². The Labute approximate surface area is 145 Å². The van der Waals surface area contributed by atoms with E-state index in [0.29, 0.717) is 5.69 Å². The van der Waals surface area contributed by atoms with E-state index in [1.807, 2.05) is 47.2 Å². The second-order valence-corrected chi connectivity index (χ2v) is 5.99. The third-order valence-corrected chi connectivity index (χ3v) is 4.50. The van der Waals surface area contributed by atoms with Crippen molar-refractivity contribution in [1.82, 2.24) is 9.55 Å². The number of nitrogens with zero attached hydrogens (tertiary/aromatic N) is 2. The van der Waals surface area contributed by atoms with E-state index in [1.54, 1.807) is 6.20 Å². The monoisotopic (exact) mass is 338 g/mol. The van der Waals surface area contributed by atoms with Crippen LogP contribution >= 0.6 is 11.8 Å². The Kier molecular flexibility index (Phi) is 5.01. The molecule has 0 atom stereocenters. The highest BCUT2D eigenvalue weighted by Gasteiger charge is 2.25. The summed E-state index contributed by atoms with van der Waals surface area (Å²) in [7, 11) is 1.39. The van der Waals surface area contributed by atoms with Crippen LogP contribution in [0.25, 0.3) is 0 Å². The first-order valence-corrected chi connectivity index (χ1v) is 8.78. The van der Waals surface area contributed by atoms with Gasteiger partial charge in [-0.1, -0.05) is 72.4 Å². The minimum Gasteiger partial charge on any atom is -0.464 e. The first-order valence-electron chi connectivity index (χ1n) is 7.55. The van der Waals surface area contributed by atoms with Crippen molar-refractivity contribution in [2.24, 2.45) is 0 Å². The predicted molar refractivity (Wildman–Crippen MR) is 95.5 cm³/mol.